The number of sulfonamides is 1. The number of anilines is 1. The quantitative estimate of drug-likeness (QED) is 0.566. The van der Waals surface area contributed by atoms with Gasteiger partial charge >= 0.3 is 0 Å². The Balaban J connectivity index is 1.77. The lowest BCUT2D eigenvalue weighted by Crippen LogP contribution is -2.31. The molecule has 0 aliphatic rings. The van der Waals surface area contributed by atoms with Crippen molar-refractivity contribution in [2.75, 3.05) is 17.9 Å². The van der Waals surface area contributed by atoms with Gasteiger partial charge in [0.2, 0.25) is 0 Å². The molecule has 30 heavy (non-hydrogen) atoms. The zero-order chi connectivity index (χ0) is 21.7. The number of carbonyl (C=O) groups is 1. The fourth-order valence-electron chi connectivity index (χ4n) is 3.14. The molecule has 0 spiro atoms. The van der Waals surface area contributed by atoms with Gasteiger partial charge in [-0.15, -0.1) is 0 Å². The second kappa shape index (κ2) is 9.09. The van der Waals surface area contributed by atoms with Crippen molar-refractivity contribution in [1.82, 2.24) is 4.90 Å². The van der Waals surface area contributed by atoms with Crippen LogP contribution in [0.3, 0.4) is 0 Å². The van der Waals surface area contributed by atoms with Crippen LogP contribution in [0.25, 0.3) is 0 Å². The number of amides is 1. The fourth-order valence-corrected chi connectivity index (χ4v) is 4.63. The molecule has 0 atom stereocenters. The second-order valence-corrected chi connectivity index (χ2v) is 8.68. The first-order valence-electron chi connectivity index (χ1n) is 9.50. The molecule has 7 heteroatoms. The Morgan fingerprint density at radius 1 is 0.900 bits per heavy atom. The van der Waals surface area contributed by atoms with Gasteiger partial charge in [-0.2, -0.15) is 0 Å². The van der Waals surface area contributed by atoms with E-state index in [1.807, 2.05) is 0 Å². The van der Waals surface area contributed by atoms with Crippen molar-refractivity contribution in [2.45, 2.75) is 18.4 Å². The third-order valence-electron chi connectivity index (χ3n) is 4.70. The normalized spacial score (nSPS) is 11.2. The van der Waals surface area contributed by atoms with E-state index >= 15 is 0 Å². The number of hydrogen-bond acceptors (Lipinski definition) is 3. The Morgan fingerprint density at radius 2 is 1.50 bits per heavy atom. The highest BCUT2D eigenvalue weighted by atomic mass is 32.2. The average molecular weight is 427 g/mol. The van der Waals surface area contributed by atoms with E-state index in [1.165, 1.54) is 21.3 Å². The third-order valence-corrected chi connectivity index (χ3v) is 6.62. The van der Waals surface area contributed by atoms with Crippen molar-refractivity contribution in [3.05, 3.63) is 95.8 Å². The summed E-state index contributed by atoms with van der Waals surface area (Å²) < 4.78 is 40.2. The molecule has 0 aliphatic carbocycles. The van der Waals surface area contributed by atoms with Gasteiger partial charge in [0.15, 0.2) is 0 Å². The van der Waals surface area contributed by atoms with Crippen molar-refractivity contribution >= 4 is 21.6 Å². The Morgan fingerprint density at radius 3 is 2.07 bits per heavy atom. The van der Waals surface area contributed by atoms with E-state index in [0.717, 1.165) is 5.56 Å². The van der Waals surface area contributed by atoms with E-state index in [1.54, 1.807) is 80.7 Å². The van der Waals surface area contributed by atoms with Crippen LogP contribution in [-0.2, 0) is 16.6 Å². The molecule has 1 amide bonds. The SMILES string of the molecule is CCN(c1ccc(C(=O)N(C)Cc2ccc(F)cc2)cc1)S(=O)(=O)c1ccccc1. The lowest BCUT2D eigenvalue weighted by atomic mass is 10.1. The number of hydrogen-bond donors (Lipinski definition) is 0. The van der Waals surface area contributed by atoms with Gasteiger partial charge in [0, 0.05) is 25.7 Å². The van der Waals surface area contributed by atoms with Gasteiger partial charge in [-0.3, -0.25) is 9.10 Å². The molecule has 0 unspecified atom stereocenters. The highest BCUT2D eigenvalue weighted by Crippen LogP contribution is 2.24. The van der Waals surface area contributed by atoms with E-state index < -0.39 is 10.0 Å². The summed E-state index contributed by atoms with van der Waals surface area (Å²) in [6, 6.07) is 20.7. The maximum absolute atomic E-state index is 13.0. The smallest absolute Gasteiger partial charge is 0.264 e. The van der Waals surface area contributed by atoms with Crippen LogP contribution in [0, 0.1) is 5.82 Å². The van der Waals surface area contributed by atoms with Crippen molar-refractivity contribution in [3.63, 3.8) is 0 Å². The van der Waals surface area contributed by atoms with E-state index in [4.69, 9.17) is 0 Å². The minimum absolute atomic E-state index is 0.208. The maximum Gasteiger partial charge on any atom is 0.264 e. The van der Waals surface area contributed by atoms with Crippen molar-refractivity contribution < 1.29 is 17.6 Å². The monoisotopic (exact) mass is 426 g/mol. The predicted molar refractivity (Wildman–Crippen MR) is 115 cm³/mol. The number of carbonyl (C=O) groups excluding carboxylic acids is 1. The summed E-state index contributed by atoms with van der Waals surface area (Å²) in [5.41, 5.74) is 1.74. The molecule has 0 radical (unpaired) electrons. The number of nitrogens with zero attached hydrogens (tertiary/aromatic N) is 2. The van der Waals surface area contributed by atoms with Gasteiger partial charge < -0.3 is 4.90 Å². The first kappa shape index (κ1) is 21.5. The van der Waals surface area contributed by atoms with E-state index in [0.29, 0.717) is 17.8 Å². The zero-order valence-electron chi connectivity index (χ0n) is 16.8. The summed E-state index contributed by atoms with van der Waals surface area (Å²) in [7, 11) is -2.03. The maximum atomic E-state index is 13.0. The number of benzene rings is 3. The molecule has 0 fully saturated rings. The highest BCUT2D eigenvalue weighted by Gasteiger charge is 2.23. The average Bonchev–Trinajstić information content (AvgIpc) is 2.76. The Bertz CT molecular complexity index is 1100. The van der Waals surface area contributed by atoms with Crippen LogP contribution in [0.5, 0.6) is 0 Å². The number of rotatable bonds is 7. The Hall–Kier alpha value is -3.19. The molecule has 0 bridgehead atoms. The predicted octanol–water partition coefficient (Wildman–Crippen LogP) is 4.31. The summed E-state index contributed by atoms with van der Waals surface area (Å²) in [5, 5.41) is 0. The molecule has 156 valence electrons. The summed E-state index contributed by atoms with van der Waals surface area (Å²) in [4.78, 5) is 14.4. The van der Waals surface area contributed by atoms with E-state index in [9.17, 15) is 17.6 Å². The van der Waals surface area contributed by atoms with Crippen LogP contribution in [-0.4, -0.2) is 32.8 Å². The van der Waals surface area contributed by atoms with Gasteiger partial charge in [-0.05, 0) is 61.0 Å². The first-order valence-corrected chi connectivity index (χ1v) is 10.9. The summed E-state index contributed by atoms with van der Waals surface area (Å²) in [6.07, 6.45) is 0. The van der Waals surface area contributed by atoms with Crippen molar-refractivity contribution in [3.8, 4) is 0 Å². The standard InChI is InChI=1S/C23H23FN2O3S/c1-3-26(30(28,29)22-7-5-4-6-8-22)21-15-11-19(12-16-21)23(27)25(2)17-18-9-13-20(24)14-10-18/h4-16H,3,17H2,1-2H3. The third kappa shape index (κ3) is 4.68. The second-order valence-electron chi connectivity index (χ2n) is 6.82. The van der Waals surface area contributed by atoms with Gasteiger partial charge in [-0.1, -0.05) is 30.3 Å². The molecule has 0 saturated carbocycles. The molecular formula is C23H23FN2O3S. The van der Waals surface area contributed by atoms with Crippen LogP contribution in [0.2, 0.25) is 0 Å². The van der Waals surface area contributed by atoms with E-state index in [2.05, 4.69) is 0 Å². The molecule has 5 nitrogen and oxygen atoms in total. The fraction of sp³-hybridized carbons (Fsp3) is 0.174. The minimum Gasteiger partial charge on any atom is -0.337 e. The summed E-state index contributed by atoms with van der Waals surface area (Å²) in [6.45, 7) is 2.36. The molecule has 3 aromatic rings. The Labute approximate surface area is 176 Å². The molecule has 3 aromatic carbocycles. The van der Waals surface area contributed by atoms with Gasteiger partial charge in [-0.25, -0.2) is 12.8 Å². The molecule has 0 aliphatic heterocycles. The summed E-state index contributed by atoms with van der Waals surface area (Å²) in [5.74, 6) is -0.533. The molecule has 3 rings (SSSR count). The lowest BCUT2D eigenvalue weighted by molar-refractivity contribution is 0.0785. The van der Waals surface area contributed by atoms with Crippen LogP contribution >= 0.6 is 0 Å². The van der Waals surface area contributed by atoms with Crippen LogP contribution in [0.15, 0.2) is 83.8 Å². The minimum atomic E-state index is -3.69. The molecular weight excluding hydrogens is 403 g/mol. The van der Waals surface area contributed by atoms with Crippen LogP contribution < -0.4 is 4.31 Å². The Kier molecular flexibility index (Phi) is 6.52. The van der Waals surface area contributed by atoms with Crippen LogP contribution in [0.4, 0.5) is 10.1 Å². The first-order chi connectivity index (χ1) is 14.3. The largest absolute Gasteiger partial charge is 0.337 e. The topological polar surface area (TPSA) is 57.7 Å². The van der Waals surface area contributed by atoms with Gasteiger partial charge in [0.1, 0.15) is 5.82 Å². The zero-order valence-corrected chi connectivity index (χ0v) is 17.6. The molecule has 0 N–H and O–H groups in total. The van der Waals surface area contributed by atoms with E-state index in [-0.39, 0.29) is 23.2 Å². The highest BCUT2D eigenvalue weighted by molar-refractivity contribution is 7.92. The molecule has 0 saturated heterocycles. The van der Waals surface area contributed by atoms with Crippen LogP contribution in [0.1, 0.15) is 22.8 Å². The van der Waals surface area contributed by atoms with Crippen molar-refractivity contribution in [2.24, 2.45) is 0 Å². The molecule has 0 heterocycles. The summed E-state index contributed by atoms with van der Waals surface area (Å²) >= 11 is 0. The van der Waals surface area contributed by atoms with Crippen molar-refractivity contribution in [1.29, 1.82) is 0 Å². The lowest BCUT2D eigenvalue weighted by Gasteiger charge is -2.23. The molecule has 0 aromatic heterocycles. The number of halogens is 1. The van der Waals surface area contributed by atoms with Gasteiger partial charge in [0.05, 0.1) is 10.6 Å². The van der Waals surface area contributed by atoms with Gasteiger partial charge in [0.25, 0.3) is 15.9 Å².